The summed E-state index contributed by atoms with van der Waals surface area (Å²) >= 11 is 0. The average molecular weight is 531 g/mol. The fourth-order valence-electron chi connectivity index (χ4n) is 4.30. The zero-order chi connectivity index (χ0) is 28.0. The first-order valence-corrected chi connectivity index (χ1v) is 13.1. The number of nitrogens with zero attached hydrogens (tertiary/aromatic N) is 3. The lowest BCUT2D eigenvalue weighted by Gasteiger charge is -2.29. The summed E-state index contributed by atoms with van der Waals surface area (Å²) in [6.07, 6.45) is 3.96. The first kappa shape index (κ1) is 28.2. The Morgan fingerprint density at radius 1 is 1.18 bits per heavy atom. The zero-order valence-corrected chi connectivity index (χ0v) is 23.2. The number of anilines is 2. The number of benzene rings is 1. The summed E-state index contributed by atoms with van der Waals surface area (Å²) in [5, 5.41) is 2.75. The molecule has 204 valence electrons. The Morgan fingerprint density at radius 3 is 2.67 bits per heavy atom. The Bertz CT molecular complexity index is 1400. The predicted octanol–water partition coefficient (Wildman–Crippen LogP) is 5.37. The normalized spacial score (nSPS) is 13.5. The number of rotatable bonds is 6. The van der Waals surface area contributed by atoms with Gasteiger partial charge in [-0.1, -0.05) is 26.7 Å². The molecule has 1 fully saturated rings. The van der Waals surface area contributed by atoms with E-state index in [0.717, 1.165) is 41.2 Å². The van der Waals surface area contributed by atoms with E-state index in [0.29, 0.717) is 37.5 Å². The summed E-state index contributed by atoms with van der Waals surface area (Å²) in [4.78, 5) is 24.3. The van der Waals surface area contributed by atoms with E-state index in [9.17, 15) is 4.79 Å². The molecular formula is C31H35FN4O3. The highest BCUT2D eigenvalue weighted by molar-refractivity contribution is 6.04. The van der Waals surface area contributed by atoms with Crippen molar-refractivity contribution in [2.24, 2.45) is 0 Å². The topological polar surface area (TPSA) is 76.6 Å². The van der Waals surface area contributed by atoms with Gasteiger partial charge < -0.3 is 19.7 Å². The summed E-state index contributed by atoms with van der Waals surface area (Å²) in [5.41, 5.74) is 4.99. The van der Waals surface area contributed by atoms with Crippen LogP contribution in [0.3, 0.4) is 0 Å². The molecule has 0 spiro atoms. The third-order valence-corrected chi connectivity index (χ3v) is 6.52. The zero-order valence-electron chi connectivity index (χ0n) is 23.2. The van der Waals surface area contributed by atoms with Crippen molar-refractivity contribution in [2.45, 2.75) is 39.5 Å². The van der Waals surface area contributed by atoms with Crippen LogP contribution in [-0.2, 0) is 14.9 Å². The van der Waals surface area contributed by atoms with E-state index in [2.05, 4.69) is 32.0 Å². The number of morpholine rings is 1. The van der Waals surface area contributed by atoms with Crippen molar-refractivity contribution in [2.75, 3.05) is 50.2 Å². The molecular weight excluding hydrogens is 495 g/mol. The molecule has 1 saturated heterocycles. The van der Waals surface area contributed by atoms with Gasteiger partial charge in [0.05, 0.1) is 31.2 Å². The second-order valence-electron chi connectivity index (χ2n) is 10.5. The smallest absolute Gasteiger partial charge is 0.255 e. The number of hydrogen-bond acceptors (Lipinski definition) is 6. The van der Waals surface area contributed by atoms with Crippen LogP contribution in [-0.4, -0.2) is 55.9 Å². The number of aryl methyl sites for hydroxylation is 1. The second kappa shape index (κ2) is 12.4. The van der Waals surface area contributed by atoms with Crippen LogP contribution in [0.5, 0.6) is 0 Å². The molecule has 2 aromatic heterocycles. The van der Waals surface area contributed by atoms with Crippen LogP contribution in [0.15, 0.2) is 42.7 Å². The number of ether oxygens (including phenoxy) is 2. The van der Waals surface area contributed by atoms with E-state index in [4.69, 9.17) is 9.47 Å². The Morgan fingerprint density at radius 2 is 1.95 bits per heavy atom. The molecule has 3 heterocycles. The van der Waals surface area contributed by atoms with E-state index in [1.165, 1.54) is 6.07 Å². The highest BCUT2D eigenvalue weighted by Crippen LogP contribution is 2.32. The Kier molecular flexibility index (Phi) is 8.95. The van der Waals surface area contributed by atoms with Crippen LogP contribution in [0.25, 0.3) is 11.1 Å². The second-order valence-corrected chi connectivity index (χ2v) is 10.5. The van der Waals surface area contributed by atoms with Crippen molar-refractivity contribution in [3.63, 3.8) is 0 Å². The number of carbonyl (C=O) groups is 1. The number of pyridine rings is 2. The summed E-state index contributed by atoms with van der Waals surface area (Å²) in [6, 6.07) is 8.50. The number of nitrogens with one attached hydrogen (secondary N) is 1. The van der Waals surface area contributed by atoms with Crippen LogP contribution in [0.2, 0.25) is 0 Å². The summed E-state index contributed by atoms with van der Waals surface area (Å²) in [5.74, 6) is 5.39. The number of halogens is 1. The van der Waals surface area contributed by atoms with Gasteiger partial charge in [0.1, 0.15) is 11.5 Å². The lowest BCUT2D eigenvalue weighted by molar-refractivity contribution is 0.102. The molecule has 0 saturated carbocycles. The van der Waals surface area contributed by atoms with Crippen molar-refractivity contribution in [3.05, 3.63) is 71.1 Å². The maximum absolute atomic E-state index is 15.0. The van der Waals surface area contributed by atoms with Gasteiger partial charge >= 0.3 is 0 Å². The van der Waals surface area contributed by atoms with Gasteiger partial charge in [-0.25, -0.2) is 9.37 Å². The van der Waals surface area contributed by atoms with Gasteiger partial charge in [-0.3, -0.25) is 9.78 Å². The fraction of sp³-hybridized carbons (Fsp3) is 0.387. The molecule has 1 aromatic carbocycles. The van der Waals surface area contributed by atoms with E-state index >= 15 is 4.39 Å². The maximum Gasteiger partial charge on any atom is 0.255 e. The van der Waals surface area contributed by atoms with E-state index in [-0.39, 0.29) is 11.1 Å². The lowest BCUT2D eigenvalue weighted by Crippen LogP contribution is -2.36. The highest BCUT2D eigenvalue weighted by atomic mass is 19.1. The minimum Gasteiger partial charge on any atom is -0.384 e. The Balaban J connectivity index is 1.68. The molecule has 0 radical (unpaired) electrons. The van der Waals surface area contributed by atoms with Gasteiger partial charge in [0, 0.05) is 61.2 Å². The van der Waals surface area contributed by atoms with Crippen LogP contribution in [0.4, 0.5) is 15.8 Å². The number of amides is 1. The predicted molar refractivity (Wildman–Crippen MR) is 152 cm³/mol. The van der Waals surface area contributed by atoms with Gasteiger partial charge in [-0.05, 0) is 54.3 Å². The quantitative estimate of drug-likeness (QED) is 0.341. The van der Waals surface area contributed by atoms with Gasteiger partial charge in [-0.15, -0.1) is 0 Å². The number of aromatic nitrogens is 2. The van der Waals surface area contributed by atoms with Crippen molar-refractivity contribution in [1.29, 1.82) is 0 Å². The minimum atomic E-state index is -0.503. The van der Waals surface area contributed by atoms with Gasteiger partial charge in [-0.2, -0.15) is 0 Å². The number of carbonyl (C=O) groups excluding carboxylic acids is 1. The molecule has 0 unspecified atom stereocenters. The minimum absolute atomic E-state index is 0.103. The third-order valence-electron chi connectivity index (χ3n) is 6.52. The summed E-state index contributed by atoms with van der Waals surface area (Å²) in [7, 11) is 1.65. The molecule has 1 amide bonds. The lowest BCUT2D eigenvalue weighted by atomic mass is 9.91. The maximum atomic E-state index is 15.0. The number of methoxy groups -OCH3 is 1. The first-order chi connectivity index (χ1) is 18.7. The number of hydrogen-bond donors (Lipinski definition) is 1. The Hall–Kier alpha value is -3.80. The van der Waals surface area contributed by atoms with Crippen molar-refractivity contribution < 1.29 is 18.7 Å². The molecule has 1 N–H and O–H groups in total. The molecule has 1 aliphatic heterocycles. The first-order valence-electron chi connectivity index (χ1n) is 13.1. The molecule has 0 bridgehead atoms. The van der Waals surface area contributed by atoms with Crippen molar-refractivity contribution >= 4 is 17.3 Å². The van der Waals surface area contributed by atoms with Crippen LogP contribution >= 0.6 is 0 Å². The van der Waals surface area contributed by atoms with Crippen molar-refractivity contribution in [3.8, 4) is 23.0 Å². The van der Waals surface area contributed by atoms with E-state index < -0.39 is 11.7 Å². The van der Waals surface area contributed by atoms with E-state index in [1.54, 1.807) is 37.7 Å². The standard InChI is InChI=1S/C31H35FN4O3/c1-21-16-25(32)27(35-30(37)22-9-10-33-29(18-22)31(2,3)4)19-24(21)23-17-28(36-11-14-39-15-12-36)26(34-20-23)8-6-7-13-38-5/h9-10,16-20H,7,11-15H2,1-5H3,(H,35,37). The SMILES string of the molecule is COCCC#Cc1ncc(-c2cc(NC(=O)c3ccnc(C(C)(C)C)c3)c(F)cc2C)cc1N1CCOCC1. The molecule has 3 aromatic rings. The van der Waals surface area contributed by atoms with Crippen LogP contribution in [0.1, 0.15) is 54.5 Å². The summed E-state index contributed by atoms with van der Waals surface area (Å²) < 4.78 is 25.7. The van der Waals surface area contributed by atoms with Gasteiger partial charge in [0.15, 0.2) is 0 Å². The van der Waals surface area contributed by atoms with Crippen molar-refractivity contribution in [1.82, 2.24) is 9.97 Å². The molecule has 7 nitrogen and oxygen atoms in total. The average Bonchev–Trinajstić information content (AvgIpc) is 2.93. The van der Waals surface area contributed by atoms with Crippen LogP contribution in [0, 0.1) is 24.6 Å². The van der Waals surface area contributed by atoms with Gasteiger partial charge in [0.25, 0.3) is 5.91 Å². The van der Waals surface area contributed by atoms with E-state index in [1.807, 2.05) is 33.8 Å². The molecule has 8 heteroatoms. The Labute approximate surface area is 229 Å². The third kappa shape index (κ3) is 6.99. The summed E-state index contributed by atoms with van der Waals surface area (Å²) in [6.45, 7) is 11.2. The van der Waals surface area contributed by atoms with Gasteiger partial charge in [0.2, 0.25) is 0 Å². The fourth-order valence-corrected chi connectivity index (χ4v) is 4.30. The van der Waals surface area contributed by atoms with Crippen LogP contribution < -0.4 is 10.2 Å². The molecule has 39 heavy (non-hydrogen) atoms. The molecule has 4 rings (SSSR count). The molecule has 0 aliphatic carbocycles. The molecule has 1 aliphatic rings. The molecule has 0 atom stereocenters. The highest BCUT2D eigenvalue weighted by Gasteiger charge is 2.20. The monoisotopic (exact) mass is 530 g/mol. The largest absolute Gasteiger partial charge is 0.384 e.